The topological polar surface area (TPSA) is 73.9 Å². The van der Waals surface area contributed by atoms with Gasteiger partial charge >= 0.3 is 6.03 Å². The van der Waals surface area contributed by atoms with Crippen LogP contribution in [0.2, 0.25) is 0 Å². The molecule has 0 aromatic carbocycles. The van der Waals surface area contributed by atoms with E-state index in [0.29, 0.717) is 12.5 Å². The number of likely N-dealkylation sites (tertiary alicyclic amines) is 1. The molecule has 0 bridgehead atoms. The molecule has 3 rings (SSSR count). The molecule has 23 heavy (non-hydrogen) atoms. The first-order chi connectivity index (χ1) is 11.0. The number of nitrogens with one attached hydrogen (secondary N) is 2. The van der Waals surface area contributed by atoms with Gasteiger partial charge in [0.15, 0.2) is 0 Å². The van der Waals surface area contributed by atoms with Gasteiger partial charge in [-0.25, -0.2) is 9.78 Å². The molecule has 2 N–H and O–H groups in total. The van der Waals surface area contributed by atoms with Crippen LogP contribution in [-0.2, 0) is 6.54 Å². The van der Waals surface area contributed by atoms with Gasteiger partial charge in [0.05, 0.1) is 23.4 Å². The fourth-order valence-corrected chi connectivity index (χ4v) is 4.05. The quantitative estimate of drug-likeness (QED) is 0.907. The Bertz CT molecular complexity index is 684. The smallest absolute Gasteiger partial charge is 0.317 e. The Labute approximate surface area is 140 Å². The molecule has 0 unspecified atom stereocenters. The molecule has 2 aromatic rings. The Kier molecular flexibility index (Phi) is 4.66. The molecule has 7 heteroatoms. The van der Waals surface area contributed by atoms with Crippen LogP contribution in [-0.4, -0.2) is 39.2 Å². The highest BCUT2D eigenvalue weighted by molar-refractivity contribution is 7.11. The van der Waals surface area contributed by atoms with Gasteiger partial charge in [-0.1, -0.05) is 0 Å². The van der Waals surface area contributed by atoms with Crippen molar-refractivity contribution in [2.24, 2.45) is 0 Å². The zero-order valence-corrected chi connectivity index (χ0v) is 14.7. The summed E-state index contributed by atoms with van der Waals surface area (Å²) in [5.74, 6) is 0.504. The number of aromatic nitrogens is 3. The van der Waals surface area contributed by atoms with Crippen LogP contribution in [0.5, 0.6) is 0 Å². The lowest BCUT2D eigenvalue weighted by Crippen LogP contribution is -2.43. The SMILES string of the molecule is Cc1nc(C)c(CNC(=O)N2CCC(c3cn[nH]c3C)CC2)s1. The molecule has 124 valence electrons. The molecule has 1 saturated heterocycles. The minimum Gasteiger partial charge on any atom is -0.333 e. The Morgan fingerprint density at radius 1 is 1.39 bits per heavy atom. The van der Waals surface area contributed by atoms with E-state index in [0.717, 1.165) is 47.2 Å². The minimum absolute atomic E-state index is 0.0258. The van der Waals surface area contributed by atoms with Gasteiger partial charge in [0.1, 0.15) is 0 Å². The first kappa shape index (κ1) is 16.0. The second-order valence-corrected chi connectivity index (χ2v) is 7.40. The van der Waals surface area contributed by atoms with Crippen LogP contribution >= 0.6 is 11.3 Å². The fraction of sp³-hybridized carbons (Fsp3) is 0.562. The van der Waals surface area contributed by atoms with E-state index in [2.05, 4.69) is 27.4 Å². The molecule has 0 radical (unpaired) electrons. The van der Waals surface area contributed by atoms with E-state index in [-0.39, 0.29) is 6.03 Å². The number of amides is 2. The molecule has 0 atom stereocenters. The van der Waals surface area contributed by atoms with E-state index in [1.165, 1.54) is 5.56 Å². The largest absolute Gasteiger partial charge is 0.333 e. The molecule has 0 spiro atoms. The first-order valence-electron chi connectivity index (χ1n) is 8.00. The summed E-state index contributed by atoms with van der Waals surface area (Å²) in [6.07, 6.45) is 3.91. The highest BCUT2D eigenvalue weighted by Crippen LogP contribution is 2.29. The number of piperidine rings is 1. The van der Waals surface area contributed by atoms with Crippen molar-refractivity contribution in [3.05, 3.63) is 33.0 Å². The number of carbonyl (C=O) groups is 1. The predicted octanol–water partition coefficient (Wildman–Crippen LogP) is 2.88. The number of aryl methyl sites for hydroxylation is 3. The summed E-state index contributed by atoms with van der Waals surface area (Å²) in [6, 6.07) is 0.0258. The number of hydrogen-bond donors (Lipinski definition) is 2. The van der Waals surface area contributed by atoms with Crippen molar-refractivity contribution < 1.29 is 4.79 Å². The third-order valence-corrected chi connectivity index (χ3v) is 5.56. The minimum atomic E-state index is 0.0258. The van der Waals surface area contributed by atoms with Gasteiger partial charge in [-0.3, -0.25) is 5.10 Å². The van der Waals surface area contributed by atoms with Gasteiger partial charge in [0.25, 0.3) is 0 Å². The molecule has 1 aliphatic heterocycles. The number of aromatic amines is 1. The van der Waals surface area contributed by atoms with Gasteiger partial charge in [-0.15, -0.1) is 11.3 Å². The molecular weight excluding hydrogens is 310 g/mol. The number of thiazole rings is 1. The van der Waals surface area contributed by atoms with Gasteiger partial charge in [-0.2, -0.15) is 5.10 Å². The van der Waals surface area contributed by atoms with Gasteiger partial charge < -0.3 is 10.2 Å². The van der Waals surface area contributed by atoms with Crippen LogP contribution in [0.15, 0.2) is 6.20 Å². The molecule has 1 aliphatic rings. The molecule has 6 nitrogen and oxygen atoms in total. The summed E-state index contributed by atoms with van der Waals surface area (Å²) >= 11 is 1.65. The summed E-state index contributed by atoms with van der Waals surface area (Å²) in [5, 5.41) is 11.2. The lowest BCUT2D eigenvalue weighted by molar-refractivity contribution is 0.181. The lowest BCUT2D eigenvalue weighted by atomic mass is 9.90. The van der Waals surface area contributed by atoms with Crippen molar-refractivity contribution in [2.45, 2.75) is 46.1 Å². The standard InChI is InChI=1S/C16H23N5OS/c1-10-14(8-18-20-10)13-4-6-21(7-5-13)16(22)17-9-15-11(2)19-12(3)23-15/h8,13H,4-7,9H2,1-3H3,(H,17,22)(H,18,20). The van der Waals surface area contributed by atoms with Gasteiger partial charge in [0, 0.05) is 23.7 Å². The van der Waals surface area contributed by atoms with Crippen LogP contribution in [0.4, 0.5) is 4.79 Å². The first-order valence-corrected chi connectivity index (χ1v) is 8.81. The molecule has 3 heterocycles. The predicted molar refractivity (Wildman–Crippen MR) is 90.7 cm³/mol. The fourth-order valence-electron chi connectivity index (χ4n) is 3.17. The summed E-state index contributed by atoms with van der Waals surface area (Å²) < 4.78 is 0. The average Bonchev–Trinajstić information content (AvgIpc) is 3.10. The van der Waals surface area contributed by atoms with Crippen molar-refractivity contribution in [2.75, 3.05) is 13.1 Å². The molecule has 2 amide bonds. The van der Waals surface area contributed by atoms with Crippen molar-refractivity contribution in [1.29, 1.82) is 0 Å². The van der Waals surface area contributed by atoms with Crippen molar-refractivity contribution in [3.63, 3.8) is 0 Å². The molecule has 2 aromatic heterocycles. The van der Waals surface area contributed by atoms with E-state index in [1.54, 1.807) is 11.3 Å². The molecule has 1 fully saturated rings. The Morgan fingerprint density at radius 3 is 2.70 bits per heavy atom. The van der Waals surface area contributed by atoms with E-state index in [9.17, 15) is 4.79 Å². The highest BCUT2D eigenvalue weighted by atomic mass is 32.1. The van der Waals surface area contributed by atoms with Crippen molar-refractivity contribution in [3.8, 4) is 0 Å². The molecule has 0 saturated carbocycles. The number of carbonyl (C=O) groups excluding carboxylic acids is 1. The van der Waals surface area contributed by atoms with Crippen LogP contribution in [0.25, 0.3) is 0 Å². The summed E-state index contributed by atoms with van der Waals surface area (Å²) in [7, 11) is 0. The number of nitrogens with zero attached hydrogens (tertiary/aromatic N) is 3. The van der Waals surface area contributed by atoms with Gasteiger partial charge in [-0.05, 0) is 45.1 Å². The Hall–Kier alpha value is -1.89. The zero-order chi connectivity index (χ0) is 16.4. The van der Waals surface area contributed by atoms with Gasteiger partial charge in [0.2, 0.25) is 0 Å². The maximum Gasteiger partial charge on any atom is 0.317 e. The second kappa shape index (κ2) is 6.70. The maximum absolute atomic E-state index is 12.3. The molecule has 0 aliphatic carbocycles. The number of H-pyrrole nitrogens is 1. The van der Waals surface area contributed by atoms with Crippen molar-refractivity contribution in [1.82, 2.24) is 25.4 Å². The molecular formula is C16H23N5OS. The van der Waals surface area contributed by atoms with E-state index < -0.39 is 0 Å². The Balaban J connectivity index is 1.50. The number of rotatable bonds is 3. The lowest BCUT2D eigenvalue weighted by Gasteiger charge is -2.32. The average molecular weight is 333 g/mol. The van der Waals surface area contributed by atoms with Crippen LogP contribution in [0.1, 0.15) is 45.6 Å². The van der Waals surface area contributed by atoms with Crippen LogP contribution < -0.4 is 5.32 Å². The third kappa shape index (κ3) is 3.55. The second-order valence-electron chi connectivity index (χ2n) is 6.11. The Morgan fingerprint density at radius 2 is 2.13 bits per heavy atom. The van der Waals surface area contributed by atoms with Crippen molar-refractivity contribution >= 4 is 17.4 Å². The van der Waals surface area contributed by atoms with E-state index in [4.69, 9.17) is 0 Å². The van der Waals surface area contributed by atoms with E-state index in [1.807, 2.05) is 24.9 Å². The number of hydrogen-bond acceptors (Lipinski definition) is 4. The normalized spacial score (nSPS) is 15.9. The maximum atomic E-state index is 12.3. The summed E-state index contributed by atoms with van der Waals surface area (Å²) in [5.41, 5.74) is 3.45. The number of urea groups is 1. The van der Waals surface area contributed by atoms with Crippen LogP contribution in [0, 0.1) is 20.8 Å². The van der Waals surface area contributed by atoms with E-state index >= 15 is 0 Å². The monoisotopic (exact) mass is 333 g/mol. The summed E-state index contributed by atoms with van der Waals surface area (Å²) in [4.78, 5) is 19.8. The third-order valence-electron chi connectivity index (χ3n) is 4.49. The zero-order valence-electron chi connectivity index (χ0n) is 13.8. The summed E-state index contributed by atoms with van der Waals surface area (Å²) in [6.45, 7) is 8.19. The van der Waals surface area contributed by atoms with Crippen LogP contribution in [0.3, 0.4) is 0 Å². The highest BCUT2D eigenvalue weighted by Gasteiger charge is 2.25.